The van der Waals surface area contributed by atoms with Gasteiger partial charge in [0.1, 0.15) is 53.9 Å². The Bertz CT molecular complexity index is 2140. The summed E-state index contributed by atoms with van der Waals surface area (Å²) >= 11 is 0. The van der Waals surface area contributed by atoms with Crippen molar-refractivity contribution in [2.45, 2.75) is 121 Å². The molecule has 0 bridgehead atoms. The van der Waals surface area contributed by atoms with Crippen LogP contribution in [0.2, 0.25) is 0 Å². The second kappa shape index (κ2) is 25.3. The topological polar surface area (TPSA) is 303 Å². The maximum absolute atomic E-state index is 14.6. The molecule has 1 heterocycles. The fraction of sp³-hybridized carbons (Fsp3) is 0.447. The van der Waals surface area contributed by atoms with E-state index < -0.39 is 89.7 Å². The number of guanidine groups is 1. The monoisotopic (exact) mass is 913 g/mol. The van der Waals surface area contributed by atoms with Crippen molar-refractivity contribution in [2.24, 2.45) is 11.7 Å². The number of phenols is 2. The first-order valence-corrected chi connectivity index (χ1v) is 22.2. The Morgan fingerprint density at radius 2 is 1.29 bits per heavy atom. The number of amides is 6. The van der Waals surface area contributed by atoms with Crippen molar-refractivity contribution in [1.29, 1.82) is 5.41 Å². The highest BCUT2D eigenvalue weighted by Gasteiger charge is 2.39. The molecule has 1 aliphatic heterocycles. The first-order chi connectivity index (χ1) is 31.5. The number of carbonyl (C=O) groups is 7. The standard InChI is InChI=1S/C47H63N9O10/c1-5-11-38(59)51-35(24-29-12-8-7-9-13-29)43(62)56-40-28(4)66-46(65)39(27(3)6-2)55-44(63)37(26-31-17-21-33(58)22-18-31)53-41(60)34(14-10-23-50-47(48)49)52-42(61)36(54-45(40)64)25-30-15-19-32(57)20-16-30/h7-9,12-13,15-22,27-28,34-37,39-40,57-58H,5-6,10-11,14,23-26H2,1-4H3,(H,51,59)(H,52,61)(H,53,60)(H,54,64)(H,55,63)(H,56,62)(H4,48,49,50)/t27?,28?,34?,35-,36-,37-,39+,40+/m1/s1. The number of esters is 1. The molecule has 1 aliphatic rings. The van der Waals surface area contributed by atoms with Crippen molar-refractivity contribution < 1.29 is 48.5 Å². The van der Waals surface area contributed by atoms with Gasteiger partial charge >= 0.3 is 5.97 Å². The number of nitrogens with one attached hydrogen (secondary N) is 8. The van der Waals surface area contributed by atoms with E-state index in [-0.39, 0.29) is 62.5 Å². The molecule has 1 fully saturated rings. The van der Waals surface area contributed by atoms with E-state index in [4.69, 9.17) is 15.9 Å². The Kier molecular flexibility index (Phi) is 19.8. The summed E-state index contributed by atoms with van der Waals surface area (Å²) < 4.78 is 5.92. The van der Waals surface area contributed by atoms with Gasteiger partial charge in [0.2, 0.25) is 35.4 Å². The van der Waals surface area contributed by atoms with E-state index in [1.54, 1.807) is 63.2 Å². The largest absolute Gasteiger partial charge is 0.508 e. The molecule has 3 aromatic rings. The number of rotatable bonds is 17. The van der Waals surface area contributed by atoms with E-state index in [2.05, 4.69) is 37.2 Å². The van der Waals surface area contributed by atoms with Crippen LogP contribution in [0.5, 0.6) is 11.5 Å². The van der Waals surface area contributed by atoms with Gasteiger partial charge in [-0.05, 0) is 73.1 Å². The third-order valence-electron chi connectivity index (χ3n) is 11.2. The highest BCUT2D eigenvalue weighted by molar-refractivity contribution is 5.97. The third kappa shape index (κ3) is 16.1. The number of hydrogen-bond acceptors (Lipinski definition) is 11. The number of nitrogens with two attached hydrogens (primary N) is 1. The molecule has 0 saturated carbocycles. The van der Waals surface area contributed by atoms with E-state index in [1.165, 1.54) is 43.3 Å². The van der Waals surface area contributed by atoms with Crippen molar-refractivity contribution in [3.05, 3.63) is 95.6 Å². The smallest absolute Gasteiger partial charge is 0.329 e. The summed E-state index contributed by atoms with van der Waals surface area (Å²) in [6, 6.07) is 12.4. The predicted octanol–water partition coefficient (Wildman–Crippen LogP) is 1.09. The lowest BCUT2D eigenvalue weighted by atomic mass is 9.97. The van der Waals surface area contributed by atoms with Crippen LogP contribution in [-0.2, 0) is 57.6 Å². The first-order valence-electron chi connectivity index (χ1n) is 22.2. The van der Waals surface area contributed by atoms with Gasteiger partial charge in [-0.1, -0.05) is 81.8 Å². The highest BCUT2D eigenvalue weighted by atomic mass is 16.5. The molecule has 19 heteroatoms. The number of carbonyl (C=O) groups excluding carboxylic acids is 7. The van der Waals surface area contributed by atoms with Gasteiger partial charge in [-0.2, -0.15) is 0 Å². The summed E-state index contributed by atoms with van der Waals surface area (Å²) in [5.74, 6) is -6.47. The summed E-state index contributed by atoms with van der Waals surface area (Å²) in [5, 5.41) is 46.4. The SMILES string of the molecule is CCCC(=O)N[C@H](Cc1ccccc1)C(=O)N[C@@H]1C(=O)N[C@H](Cc2ccc(O)cc2)C(=O)NC(CCCNC(=N)N)C(=O)N[C@H](Cc2ccc(O)cc2)C(=O)N[C@@H](C(C)CC)C(=O)OC1C. The quantitative estimate of drug-likeness (QED) is 0.0393. The molecule has 6 amide bonds. The van der Waals surface area contributed by atoms with E-state index in [9.17, 15) is 43.8 Å². The van der Waals surface area contributed by atoms with Gasteiger partial charge < -0.3 is 57.9 Å². The lowest BCUT2D eigenvalue weighted by Gasteiger charge is -2.32. The number of hydrogen-bond donors (Lipinski definition) is 11. The van der Waals surface area contributed by atoms with Gasteiger partial charge in [0.05, 0.1) is 0 Å². The second-order valence-corrected chi connectivity index (χ2v) is 16.5. The summed E-state index contributed by atoms with van der Waals surface area (Å²) in [6.45, 7) is 6.82. The van der Waals surface area contributed by atoms with E-state index in [0.29, 0.717) is 29.5 Å². The van der Waals surface area contributed by atoms with Gasteiger partial charge in [-0.3, -0.25) is 34.2 Å². The summed E-state index contributed by atoms with van der Waals surface area (Å²) in [6.07, 6.45) is -0.517. The van der Waals surface area contributed by atoms with Crippen molar-refractivity contribution in [1.82, 2.24) is 37.2 Å². The number of aromatic hydroxyl groups is 2. The Hall–Kier alpha value is -7.18. The molecule has 0 radical (unpaired) electrons. The van der Waals surface area contributed by atoms with E-state index >= 15 is 0 Å². The van der Waals surface area contributed by atoms with Crippen LogP contribution in [0.4, 0.5) is 0 Å². The van der Waals surface area contributed by atoms with Crippen molar-refractivity contribution in [3.8, 4) is 11.5 Å². The second-order valence-electron chi connectivity index (χ2n) is 16.5. The third-order valence-corrected chi connectivity index (χ3v) is 11.2. The molecule has 12 N–H and O–H groups in total. The maximum Gasteiger partial charge on any atom is 0.329 e. The Balaban J connectivity index is 1.82. The minimum atomic E-state index is -1.68. The number of benzene rings is 3. The van der Waals surface area contributed by atoms with Crippen LogP contribution in [-0.4, -0.2) is 106 Å². The van der Waals surface area contributed by atoms with Gasteiger partial charge in [0.25, 0.3) is 0 Å². The summed E-state index contributed by atoms with van der Waals surface area (Å²) in [7, 11) is 0. The van der Waals surface area contributed by atoms with Crippen molar-refractivity contribution >= 4 is 47.4 Å². The minimum Gasteiger partial charge on any atom is -0.508 e. The number of ether oxygens (including phenoxy) is 1. The molecule has 356 valence electrons. The fourth-order valence-electron chi connectivity index (χ4n) is 7.21. The van der Waals surface area contributed by atoms with Crippen LogP contribution in [0.15, 0.2) is 78.9 Å². The predicted molar refractivity (Wildman–Crippen MR) is 244 cm³/mol. The Morgan fingerprint density at radius 3 is 1.83 bits per heavy atom. The van der Waals surface area contributed by atoms with Crippen LogP contribution in [0.3, 0.4) is 0 Å². The van der Waals surface area contributed by atoms with Crippen LogP contribution in [0.1, 0.15) is 76.5 Å². The zero-order chi connectivity index (χ0) is 48.3. The fourth-order valence-corrected chi connectivity index (χ4v) is 7.21. The average molecular weight is 914 g/mol. The molecule has 0 aromatic heterocycles. The molecule has 1 saturated heterocycles. The molecule has 19 nitrogen and oxygen atoms in total. The molecule has 3 aromatic carbocycles. The summed E-state index contributed by atoms with van der Waals surface area (Å²) in [4.78, 5) is 99.1. The van der Waals surface area contributed by atoms with Gasteiger partial charge in [-0.25, -0.2) is 4.79 Å². The van der Waals surface area contributed by atoms with Gasteiger partial charge in [-0.15, -0.1) is 0 Å². The van der Waals surface area contributed by atoms with Crippen LogP contribution in [0, 0.1) is 11.3 Å². The van der Waals surface area contributed by atoms with Gasteiger partial charge in [0, 0.05) is 32.2 Å². The first kappa shape index (κ1) is 51.5. The molecule has 0 aliphatic carbocycles. The normalized spacial score (nSPS) is 21.7. The average Bonchev–Trinajstić information content (AvgIpc) is 3.28. The Labute approximate surface area is 384 Å². The van der Waals surface area contributed by atoms with Crippen LogP contribution in [0.25, 0.3) is 0 Å². The minimum absolute atomic E-state index is 0.0303. The summed E-state index contributed by atoms with van der Waals surface area (Å²) in [5.41, 5.74) is 7.20. The van der Waals surface area contributed by atoms with Gasteiger partial charge in [0.15, 0.2) is 5.96 Å². The molecule has 66 heavy (non-hydrogen) atoms. The molecule has 4 rings (SSSR count). The zero-order valence-corrected chi connectivity index (χ0v) is 37.7. The molecule has 0 spiro atoms. The van der Waals surface area contributed by atoms with Crippen LogP contribution >= 0.6 is 0 Å². The lowest BCUT2D eigenvalue weighted by Crippen LogP contribution is -2.63. The molecular weight excluding hydrogens is 851 g/mol. The molecule has 3 unspecified atom stereocenters. The lowest BCUT2D eigenvalue weighted by molar-refractivity contribution is -0.157. The molecule has 8 atom stereocenters. The molecular formula is C47H63N9O10. The number of cyclic esters (lactones) is 1. The van der Waals surface area contributed by atoms with E-state index in [1.807, 2.05) is 0 Å². The maximum atomic E-state index is 14.6. The Morgan fingerprint density at radius 1 is 0.758 bits per heavy atom. The van der Waals surface area contributed by atoms with E-state index in [0.717, 1.165) is 0 Å². The number of phenolic OH excluding ortho intramolecular Hbond substituents is 2. The highest BCUT2D eigenvalue weighted by Crippen LogP contribution is 2.17. The van der Waals surface area contributed by atoms with Crippen LogP contribution < -0.4 is 43.0 Å². The van der Waals surface area contributed by atoms with Crippen molar-refractivity contribution in [2.75, 3.05) is 6.54 Å². The van der Waals surface area contributed by atoms with Crippen molar-refractivity contribution in [3.63, 3.8) is 0 Å². The zero-order valence-electron chi connectivity index (χ0n) is 37.7.